The van der Waals surface area contributed by atoms with Gasteiger partial charge in [0.2, 0.25) is 0 Å². The molecule has 0 fully saturated rings. The number of benzene rings is 2. The fourth-order valence-electron chi connectivity index (χ4n) is 2.10. The van der Waals surface area contributed by atoms with E-state index in [1.165, 1.54) is 12.1 Å². The van der Waals surface area contributed by atoms with Gasteiger partial charge in [0.15, 0.2) is 5.11 Å². The van der Waals surface area contributed by atoms with Crippen LogP contribution in [-0.2, 0) is 4.74 Å². The molecule has 2 aromatic carbocycles. The van der Waals surface area contributed by atoms with E-state index in [9.17, 15) is 19.7 Å². The molecule has 2 aromatic rings. The molecule has 8 nitrogen and oxygen atoms in total. The van der Waals surface area contributed by atoms with E-state index in [0.29, 0.717) is 17.9 Å². The van der Waals surface area contributed by atoms with E-state index < -0.39 is 16.8 Å². The van der Waals surface area contributed by atoms with Crippen LogP contribution in [0.5, 0.6) is 0 Å². The van der Waals surface area contributed by atoms with Crippen molar-refractivity contribution in [2.75, 3.05) is 11.9 Å². The Hall–Kier alpha value is -3.04. The number of hydrogen-bond donors (Lipinski definition) is 2. The Morgan fingerprint density at radius 2 is 1.82 bits per heavy atom. The van der Waals surface area contributed by atoms with Gasteiger partial charge in [-0.15, -0.1) is 0 Å². The number of nitrogens with zero attached hydrogens (tertiary/aromatic N) is 1. The van der Waals surface area contributed by atoms with Crippen molar-refractivity contribution in [1.29, 1.82) is 0 Å². The standard InChI is InChI=1S/C18H16ClN3O5S/c1-2-9-27-17(24)11-3-6-13(7-4-11)20-18(28)21-16(23)12-5-8-14(19)15(10-12)22(25)26/h3-8,10H,2,9H2,1H3,(H2,20,21,23,28). The van der Waals surface area contributed by atoms with Gasteiger partial charge in [-0.1, -0.05) is 18.5 Å². The van der Waals surface area contributed by atoms with E-state index in [4.69, 9.17) is 28.6 Å². The van der Waals surface area contributed by atoms with Crippen molar-refractivity contribution in [2.24, 2.45) is 0 Å². The van der Waals surface area contributed by atoms with Crippen molar-refractivity contribution in [1.82, 2.24) is 5.32 Å². The molecule has 0 bridgehead atoms. The lowest BCUT2D eigenvalue weighted by Gasteiger charge is -2.10. The maximum atomic E-state index is 12.2. The predicted molar refractivity (Wildman–Crippen MR) is 109 cm³/mol. The molecular formula is C18H16ClN3O5S. The van der Waals surface area contributed by atoms with E-state index >= 15 is 0 Å². The quantitative estimate of drug-likeness (QED) is 0.314. The lowest BCUT2D eigenvalue weighted by Crippen LogP contribution is -2.34. The molecule has 0 spiro atoms. The zero-order valence-corrected chi connectivity index (χ0v) is 16.3. The molecule has 28 heavy (non-hydrogen) atoms. The number of ether oxygens (including phenoxy) is 1. The summed E-state index contributed by atoms with van der Waals surface area (Å²) in [6.45, 7) is 2.25. The second-order valence-corrected chi connectivity index (χ2v) is 6.36. The van der Waals surface area contributed by atoms with Crippen molar-refractivity contribution in [3.05, 3.63) is 68.7 Å². The maximum absolute atomic E-state index is 12.2. The van der Waals surface area contributed by atoms with Crippen LogP contribution in [0.15, 0.2) is 42.5 Å². The van der Waals surface area contributed by atoms with Gasteiger partial charge in [-0.05, 0) is 55.0 Å². The fraction of sp³-hybridized carbons (Fsp3) is 0.167. The molecule has 1 amide bonds. The highest BCUT2D eigenvalue weighted by Crippen LogP contribution is 2.25. The van der Waals surface area contributed by atoms with E-state index in [2.05, 4.69) is 10.6 Å². The average Bonchev–Trinajstić information content (AvgIpc) is 2.66. The minimum atomic E-state index is -0.678. The van der Waals surface area contributed by atoms with Gasteiger partial charge in [0.05, 0.1) is 17.1 Å². The number of carbonyl (C=O) groups is 2. The Balaban J connectivity index is 1.98. The number of esters is 1. The van der Waals surface area contributed by atoms with Crippen LogP contribution in [0, 0.1) is 10.1 Å². The smallest absolute Gasteiger partial charge is 0.338 e. The van der Waals surface area contributed by atoms with E-state index in [1.807, 2.05) is 6.92 Å². The number of hydrogen-bond acceptors (Lipinski definition) is 6. The van der Waals surface area contributed by atoms with Crippen molar-refractivity contribution in [3.8, 4) is 0 Å². The van der Waals surface area contributed by atoms with Crippen molar-refractivity contribution < 1.29 is 19.2 Å². The summed E-state index contributed by atoms with van der Waals surface area (Å²) in [5.74, 6) is -1.05. The van der Waals surface area contributed by atoms with Crippen LogP contribution in [-0.4, -0.2) is 28.5 Å². The van der Waals surface area contributed by atoms with Crippen LogP contribution >= 0.6 is 23.8 Å². The first-order valence-electron chi connectivity index (χ1n) is 8.15. The Morgan fingerprint density at radius 1 is 1.18 bits per heavy atom. The number of nitro benzene ring substituents is 1. The topological polar surface area (TPSA) is 111 Å². The van der Waals surface area contributed by atoms with Crippen molar-refractivity contribution in [3.63, 3.8) is 0 Å². The van der Waals surface area contributed by atoms with E-state index in [0.717, 1.165) is 12.5 Å². The van der Waals surface area contributed by atoms with Crippen molar-refractivity contribution in [2.45, 2.75) is 13.3 Å². The molecule has 2 rings (SSSR count). The second kappa shape index (κ2) is 9.77. The molecule has 146 valence electrons. The van der Waals surface area contributed by atoms with Gasteiger partial charge in [-0.3, -0.25) is 20.2 Å². The van der Waals surface area contributed by atoms with Crippen LogP contribution in [0.1, 0.15) is 34.1 Å². The molecule has 0 atom stereocenters. The summed E-state index contributed by atoms with van der Waals surface area (Å²) in [5.41, 5.74) is 0.592. The van der Waals surface area contributed by atoms with Gasteiger partial charge in [0.25, 0.3) is 11.6 Å². The number of thiocarbonyl (C=S) groups is 1. The third-order valence-electron chi connectivity index (χ3n) is 3.45. The fourth-order valence-corrected chi connectivity index (χ4v) is 2.50. The number of nitrogens with one attached hydrogen (secondary N) is 2. The number of rotatable bonds is 6. The first-order valence-corrected chi connectivity index (χ1v) is 8.94. The van der Waals surface area contributed by atoms with Crippen LogP contribution in [0.3, 0.4) is 0 Å². The molecule has 0 aromatic heterocycles. The summed E-state index contributed by atoms with van der Waals surface area (Å²) in [5, 5.41) is 16.0. The Bertz CT molecular complexity index is 918. The lowest BCUT2D eigenvalue weighted by atomic mass is 10.2. The molecule has 10 heteroatoms. The summed E-state index contributed by atoms with van der Waals surface area (Å²) in [6.07, 6.45) is 0.732. The zero-order chi connectivity index (χ0) is 20.7. The number of nitro groups is 1. The zero-order valence-electron chi connectivity index (χ0n) is 14.7. The van der Waals surface area contributed by atoms with Crippen LogP contribution in [0.4, 0.5) is 11.4 Å². The summed E-state index contributed by atoms with van der Waals surface area (Å²) in [4.78, 5) is 34.2. The Kier molecular flexibility index (Phi) is 7.42. The number of halogens is 1. The van der Waals surface area contributed by atoms with E-state index in [1.54, 1.807) is 24.3 Å². The summed E-state index contributed by atoms with van der Waals surface area (Å²) in [6, 6.07) is 10.0. The largest absolute Gasteiger partial charge is 0.462 e. The maximum Gasteiger partial charge on any atom is 0.338 e. The van der Waals surface area contributed by atoms with Gasteiger partial charge >= 0.3 is 5.97 Å². The minimum Gasteiger partial charge on any atom is -0.462 e. The van der Waals surface area contributed by atoms with Gasteiger partial charge in [0.1, 0.15) is 5.02 Å². The van der Waals surface area contributed by atoms with Crippen molar-refractivity contribution >= 4 is 52.2 Å². The molecule has 0 saturated heterocycles. The monoisotopic (exact) mass is 421 g/mol. The Labute approximate surface area is 171 Å². The molecule has 0 aliphatic rings. The first kappa shape index (κ1) is 21.3. The summed E-state index contributed by atoms with van der Waals surface area (Å²) >= 11 is 10.8. The highest BCUT2D eigenvalue weighted by molar-refractivity contribution is 7.80. The third-order valence-corrected chi connectivity index (χ3v) is 3.97. The third kappa shape index (κ3) is 5.73. The predicted octanol–water partition coefficient (Wildman–Crippen LogP) is 3.94. The molecule has 0 radical (unpaired) electrons. The second-order valence-electron chi connectivity index (χ2n) is 5.54. The van der Waals surface area contributed by atoms with Crippen LogP contribution < -0.4 is 10.6 Å². The van der Waals surface area contributed by atoms with Crippen LogP contribution in [0.25, 0.3) is 0 Å². The number of carbonyl (C=O) groups excluding carboxylic acids is 2. The molecular weight excluding hydrogens is 406 g/mol. The molecule has 0 heterocycles. The van der Waals surface area contributed by atoms with Gasteiger partial charge in [-0.25, -0.2) is 4.79 Å². The summed E-state index contributed by atoms with van der Waals surface area (Å²) in [7, 11) is 0. The first-order chi connectivity index (χ1) is 13.3. The van der Waals surface area contributed by atoms with E-state index in [-0.39, 0.29) is 21.4 Å². The highest BCUT2D eigenvalue weighted by Gasteiger charge is 2.17. The minimum absolute atomic E-state index is 0.0103. The van der Waals surface area contributed by atoms with Crippen LogP contribution in [0.2, 0.25) is 5.02 Å². The summed E-state index contributed by atoms with van der Waals surface area (Å²) < 4.78 is 5.04. The lowest BCUT2D eigenvalue weighted by molar-refractivity contribution is -0.384. The highest BCUT2D eigenvalue weighted by atomic mass is 35.5. The Morgan fingerprint density at radius 3 is 2.43 bits per heavy atom. The van der Waals surface area contributed by atoms with Gasteiger partial charge in [-0.2, -0.15) is 0 Å². The molecule has 2 N–H and O–H groups in total. The molecule has 0 aliphatic heterocycles. The normalized spacial score (nSPS) is 10.1. The van der Waals surface area contributed by atoms with Gasteiger partial charge < -0.3 is 10.1 Å². The number of amides is 1. The molecule has 0 unspecified atom stereocenters. The number of anilines is 1. The SMILES string of the molecule is CCCOC(=O)c1ccc(NC(=S)NC(=O)c2ccc(Cl)c([N+](=O)[O-])c2)cc1. The van der Waals surface area contributed by atoms with Gasteiger partial charge in [0, 0.05) is 17.3 Å². The average molecular weight is 422 g/mol. The molecule has 0 saturated carbocycles. The molecule has 0 aliphatic carbocycles.